The van der Waals surface area contributed by atoms with E-state index in [4.69, 9.17) is 0 Å². The van der Waals surface area contributed by atoms with Crippen LogP contribution in [-0.2, 0) is 4.79 Å². The molecule has 100 valence electrons. The Bertz CT molecular complexity index is 214. The van der Waals surface area contributed by atoms with Gasteiger partial charge in [-0.25, -0.2) is 0 Å². The molecule has 1 saturated carbocycles. The fourth-order valence-corrected chi connectivity index (χ4v) is 2.80. The minimum absolute atomic E-state index is 0.267. The molecule has 0 aromatic carbocycles. The van der Waals surface area contributed by atoms with Crippen LogP contribution in [0.3, 0.4) is 0 Å². The van der Waals surface area contributed by atoms with Crippen molar-refractivity contribution in [3.05, 3.63) is 0 Å². The molecule has 1 aliphatic carbocycles. The molecule has 17 heavy (non-hydrogen) atoms. The molecule has 1 amide bonds. The molecule has 2 nitrogen and oxygen atoms in total. The lowest BCUT2D eigenvalue weighted by Gasteiger charge is -2.20. The molecule has 1 rings (SSSR count). The first-order chi connectivity index (χ1) is 8.22. The van der Waals surface area contributed by atoms with E-state index in [1.165, 1.54) is 38.5 Å². The quantitative estimate of drug-likeness (QED) is 0.561. The molecule has 3 heteroatoms. The van der Waals surface area contributed by atoms with E-state index in [1.54, 1.807) is 0 Å². The number of amides is 1. The lowest BCUT2D eigenvalue weighted by Crippen LogP contribution is -2.27. The van der Waals surface area contributed by atoms with Gasteiger partial charge < -0.3 is 5.32 Å². The van der Waals surface area contributed by atoms with Crippen LogP contribution < -0.4 is 5.32 Å². The van der Waals surface area contributed by atoms with Gasteiger partial charge in [-0.05, 0) is 37.5 Å². The molecule has 1 unspecified atom stereocenters. The molecule has 0 heterocycles. The summed E-state index contributed by atoms with van der Waals surface area (Å²) in [5.41, 5.74) is 0. The van der Waals surface area contributed by atoms with Crippen molar-refractivity contribution in [1.82, 2.24) is 5.32 Å². The molecule has 0 spiro atoms. The Kier molecular flexibility index (Phi) is 7.91. The van der Waals surface area contributed by atoms with E-state index in [1.807, 2.05) is 0 Å². The first-order valence-corrected chi connectivity index (χ1v) is 8.17. The van der Waals surface area contributed by atoms with Gasteiger partial charge in [0.15, 0.2) is 0 Å². The predicted octanol–water partition coefficient (Wildman–Crippen LogP) is 3.88. The second kappa shape index (κ2) is 8.96. The Balaban J connectivity index is 2.00. The van der Waals surface area contributed by atoms with Crippen LogP contribution in [0, 0.1) is 11.8 Å². The van der Waals surface area contributed by atoms with Crippen LogP contribution in [-0.4, -0.2) is 17.8 Å². The fourth-order valence-electron chi connectivity index (χ4n) is 2.48. The average Bonchev–Trinajstić information content (AvgIpc) is 2.35. The largest absolute Gasteiger partial charge is 0.356 e. The summed E-state index contributed by atoms with van der Waals surface area (Å²) in [4.78, 5) is 11.7. The van der Waals surface area contributed by atoms with Crippen LogP contribution in [0.25, 0.3) is 0 Å². The van der Waals surface area contributed by atoms with Crippen molar-refractivity contribution < 1.29 is 4.79 Å². The predicted molar refractivity (Wildman–Crippen MR) is 76.4 cm³/mol. The topological polar surface area (TPSA) is 29.1 Å². The van der Waals surface area contributed by atoms with E-state index >= 15 is 0 Å². The van der Waals surface area contributed by atoms with E-state index in [9.17, 15) is 4.79 Å². The molecule has 0 aromatic heterocycles. The summed E-state index contributed by atoms with van der Waals surface area (Å²) in [6.07, 6.45) is 9.57. The van der Waals surface area contributed by atoms with E-state index in [2.05, 4.69) is 28.2 Å². The van der Waals surface area contributed by atoms with Crippen LogP contribution >= 0.6 is 15.9 Å². The van der Waals surface area contributed by atoms with Gasteiger partial charge in [-0.2, -0.15) is 0 Å². The van der Waals surface area contributed by atoms with E-state index in [0.717, 1.165) is 24.7 Å². The zero-order valence-corrected chi connectivity index (χ0v) is 12.6. The number of rotatable bonds is 7. The standard InChI is InChI=1S/C14H26BrNO/c1-12(11-15)6-5-9-16-14(17)10-13-7-3-2-4-8-13/h12-13H,2-11H2,1H3,(H,16,17). The molecule has 0 aliphatic heterocycles. The summed E-state index contributed by atoms with van der Waals surface area (Å²) in [7, 11) is 0. The number of hydrogen-bond donors (Lipinski definition) is 1. The zero-order chi connectivity index (χ0) is 12.5. The van der Waals surface area contributed by atoms with Crippen molar-refractivity contribution in [3.63, 3.8) is 0 Å². The lowest BCUT2D eigenvalue weighted by atomic mass is 9.87. The highest BCUT2D eigenvalue weighted by Crippen LogP contribution is 2.25. The molecular formula is C14H26BrNO. The van der Waals surface area contributed by atoms with E-state index in [0.29, 0.717) is 11.8 Å². The third-order valence-corrected chi connectivity index (χ3v) is 4.76. The maximum atomic E-state index is 11.7. The van der Waals surface area contributed by atoms with Crippen LogP contribution in [0.4, 0.5) is 0 Å². The molecule has 0 saturated heterocycles. The molecule has 1 fully saturated rings. The van der Waals surface area contributed by atoms with Crippen LogP contribution in [0.2, 0.25) is 0 Å². The summed E-state index contributed by atoms with van der Waals surface area (Å²) in [6, 6.07) is 0. The second-order valence-corrected chi connectivity index (χ2v) is 6.11. The monoisotopic (exact) mass is 303 g/mol. The Morgan fingerprint density at radius 1 is 1.35 bits per heavy atom. The summed E-state index contributed by atoms with van der Waals surface area (Å²) >= 11 is 3.47. The lowest BCUT2D eigenvalue weighted by molar-refractivity contribution is -0.122. The molecule has 0 aromatic rings. The van der Waals surface area contributed by atoms with Gasteiger partial charge in [0.2, 0.25) is 5.91 Å². The molecule has 0 radical (unpaired) electrons. The first kappa shape index (κ1) is 15.0. The minimum Gasteiger partial charge on any atom is -0.356 e. The maximum Gasteiger partial charge on any atom is 0.220 e. The van der Waals surface area contributed by atoms with Gasteiger partial charge in [-0.3, -0.25) is 4.79 Å². The van der Waals surface area contributed by atoms with Gasteiger partial charge in [0.05, 0.1) is 0 Å². The van der Waals surface area contributed by atoms with Crippen LogP contribution in [0.1, 0.15) is 58.3 Å². The highest BCUT2D eigenvalue weighted by atomic mass is 79.9. The van der Waals surface area contributed by atoms with Gasteiger partial charge in [0.1, 0.15) is 0 Å². The summed E-state index contributed by atoms with van der Waals surface area (Å²) in [6.45, 7) is 3.08. The van der Waals surface area contributed by atoms with E-state index < -0.39 is 0 Å². The van der Waals surface area contributed by atoms with Gasteiger partial charge in [0.25, 0.3) is 0 Å². The summed E-state index contributed by atoms with van der Waals surface area (Å²) in [5, 5.41) is 4.11. The number of carbonyl (C=O) groups is 1. The van der Waals surface area contributed by atoms with Gasteiger partial charge in [-0.15, -0.1) is 0 Å². The number of halogens is 1. The molecule has 1 aliphatic rings. The van der Waals surface area contributed by atoms with E-state index in [-0.39, 0.29) is 5.91 Å². The van der Waals surface area contributed by atoms with Crippen molar-refractivity contribution in [3.8, 4) is 0 Å². The van der Waals surface area contributed by atoms with Crippen molar-refractivity contribution in [2.24, 2.45) is 11.8 Å². The Morgan fingerprint density at radius 3 is 2.71 bits per heavy atom. The van der Waals surface area contributed by atoms with Crippen LogP contribution in [0.15, 0.2) is 0 Å². The smallest absolute Gasteiger partial charge is 0.220 e. The fraction of sp³-hybridized carbons (Fsp3) is 0.929. The minimum atomic E-state index is 0.267. The Morgan fingerprint density at radius 2 is 2.06 bits per heavy atom. The van der Waals surface area contributed by atoms with Crippen molar-refractivity contribution in [2.45, 2.75) is 58.3 Å². The van der Waals surface area contributed by atoms with Gasteiger partial charge in [0, 0.05) is 18.3 Å². The van der Waals surface area contributed by atoms with Crippen molar-refractivity contribution in [2.75, 3.05) is 11.9 Å². The summed E-state index contributed by atoms with van der Waals surface area (Å²) < 4.78 is 0. The second-order valence-electron chi connectivity index (χ2n) is 5.46. The number of hydrogen-bond acceptors (Lipinski definition) is 1. The third kappa shape index (κ3) is 7.07. The van der Waals surface area contributed by atoms with Crippen molar-refractivity contribution >= 4 is 21.8 Å². The highest BCUT2D eigenvalue weighted by Gasteiger charge is 2.16. The molecular weight excluding hydrogens is 278 g/mol. The first-order valence-electron chi connectivity index (χ1n) is 7.05. The van der Waals surface area contributed by atoms with Gasteiger partial charge in [-0.1, -0.05) is 42.1 Å². The number of nitrogens with one attached hydrogen (secondary N) is 1. The van der Waals surface area contributed by atoms with Crippen LogP contribution in [0.5, 0.6) is 0 Å². The van der Waals surface area contributed by atoms with Crippen molar-refractivity contribution in [1.29, 1.82) is 0 Å². The third-order valence-electron chi connectivity index (χ3n) is 3.66. The van der Waals surface area contributed by atoms with Gasteiger partial charge >= 0.3 is 0 Å². The Labute approximate surface area is 114 Å². The average molecular weight is 304 g/mol. The maximum absolute atomic E-state index is 11.7. The highest BCUT2D eigenvalue weighted by molar-refractivity contribution is 9.09. The number of alkyl halides is 1. The molecule has 0 bridgehead atoms. The number of carbonyl (C=O) groups excluding carboxylic acids is 1. The SMILES string of the molecule is CC(CBr)CCCNC(=O)CC1CCCCC1. The normalized spacial score (nSPS) is 18.9. The Hall–Kier alpha value is -0.0500. The molecule has 1 N–H and O–H groups in total. The molecule has 1 atom stereocenters. The zero-order valence-electron chi connectivity index (χ0n) is 11.0. The summed E-state index contributed by atoms with van der Waals surface area (Å²) in [5.74, 6) is 1.64.